The van der Waals surface area contributed by atoms with Gasteiger partial charge in [-0.15, -0.1) is 0 Å². The van der Waals surface area contributed by atoms with Gasteiger partial charge in [-0.2, -0.15) is 0 Å². The van der Waals surface area contributed by atoms with Gasteiger partial charge in [-0.1, -0.05) is 54.6 Å². The average molecular weight is 742 g/mol. The number of hydrogen-bond acceptors (Lipinski definition) is 6. The van der Waals surface area contributed by atoms with Gasteiger partial charge in [0.15, 0.2) is 11.5 Å². The molecule has 0 saturated heterocycles. The summed E-state index contributed by atoms with van der Waals surface area (Å²) >= 11 is 3.67. The molecule has 4 atom stereocenters. The second kappa shape index (κ2) is 15.6. The standard InChI is InChI=1S/C41H45BrN2O6/c1-7-49-34-22-29(21-30(42)38(34)50-20-19-28-15-9-8-10-16-28)35-36(39(46)43-31-17-11-13-24(2)26(31)4)33(45)23-41(6,48)37(35)40(47)44-32-18-12-14-25(3)27(32)5/h8-18,21-22,35-37,48H,7,19-20,23H2,1-6H3,(H,43,46)(H,44,47). The lowest BCUT2D eigenvalue weighted by Crippen LogP contribution is -2.56. The zero-order valence-corrected chi connectivity index (χ0v) is 31.0. The molecule has 0 aromatic heterocycles. The number of aliphatic hydroxyl groups is 1. The highest BCUT2D eigenvalue weighted by Crippen LogP contribution is 2.49. The van der Waals surface area contributed by atoms with Crippen molar-refractivity contribution >= 4 is 44.9 Å². The lowest BCUT2D eigenvalue weighted by atomic mass is 9.61. The number of amides is 2. The van der Waals surface area contributed by atoms with E-state index in [9.17, 15) is 19.5 Å². The molecule has 4 aromatic carbocycles. The zero-order chi connectivity index (χ0) is 36.2. The van der Waals surface area contributed by atoms with Crippen molar-refractivity contribution in [2.24, 2.45) is 11.8 Å². The van der Waals surface area contributed by atoms with Crippen molar-refractivity contribution < 1.29 is 29.0 Å². The summed E-state index contributed by atoms with van der Waals surface area (Å²) in [7, 11) is 0. The van der Waals surface area contributed by atoms with Crippen molar-refractivity contribution in [2.45, 2.75) is 65.9 Å². The van der Waals surface area contributed by atoms with Gasteiger partial charge in [-0.3, -0.25) is 14.4 Å². The third-order valence-corrected chi connectivity index (χ3v) is 10.3. The molecule has 2 amide bonds. The smallest absolute Gasteiger partial charge is 0.235 e. The molecule has 8 nitrogen and oxygen atoms in total. The largest absolute Gasteiger partial charge is 0.490 e. The number of nitrogens with one attached hydrogen (secondary N) is 2. The average Bonchev–Trinajstić information content (AvgIpc) is 3.06. The summed E-state index contributed by atoms with van der Waals surface area (Å²) in [6, 6.07) is 24.6. The normalized spacial score (nSPS) is 20.2. The third kappa shape index (κ3) is 7.95. The van der Waals surface area contributed by atoms with Crippen molar-refractivity contribution in [1.82, 2.24) is 0 Å². The number of aryl methyl sites for hydroxylation is 2. The minimum atomic E-state index is -1.78. The van der Waals surface area contributed by atoms with Gasteiger partial charge >= 0.3 is 0 Å². The molecule has 4 aromatic rings. The molecule has 5 rings (SSSR count). The number of anilines is 2. The van der Waals surface area contributed by atoms with Crippen LogP contribution in [0.5, 0.6) is 11.5 Å². The Kier molecular flexibility index (Phi) is 11.5. The Morgan fingerprint density at radius 1 is 0.860 bits per heavy atom. The van der Waals surface area contributed by atoms with Gasteiger partial charge in [-0.05, 0) is 115 Å². The van der Waals surface area contributed by atoms with E-state index in [0.29, 0.717) is 52.5 Å². The minimum Gasteiger partial charge on any atom is -0.490 e. The van der Waals surface area contributed by atoms with Gasteiger partial charge < -0.3 is 25.2 Å². The van der Waals surface area contributed by atoms with Crippen LogP contribution in [0.15, 0.2) is 83.3 Å². The summed E-state index contributed by atoms with van der Waals surface area (Å²) in [6.45, 7) is 11.7. The molecule has 1 aliphatic rings. The molecular formula is C41H45BrN2O6. The van der Waals surface area contributed by atoms with E-state index >= 15 is 0 Å². The Morgan fingerprint density at radius 3 is 2.06 bits per heavy atom. The van der Waals surface area contributed by atoms with Crippen LogP contribution in [0.2, 0.25) is 0 Å². The summed E-state index contributed by atoms with van der Waals surface area (Å²) in [4.78, 5) is 42.7. The van der Waals surface area contributed by atoms with E-state index in [1.807, 2.05) is 89.2 Å². The van der Waals surface area contributed by atoms with Crippen LogP contribution in [-0.2, 0) is 20.8 Å². The second-order valence-electron chi connectivity index (χ2n) is 13.3. The van der Waals surface area contributed by atoms with E-state index in [4.69, 9.17) is 9.47 Å². The first-order valence-electron chi connectivity index (χ1n) is 16.9. The number of Topliss-reactive ketones (excluding diaryl/α,β-unsaturated/α-hetero) is 1. The SMILES string of the molecule is CCOc1cc(C2C(C(=O)Nc3cccc(C)c3C)C(=O)CC(C)(O)C2C(=O)Nc2cccc(C)c2C)cc(Br)c1OCCc1ccccc1. The lowest BCUT2D eigenvalue weighted by Gasteiger charge is -2.44. The number of ketones is 1. The molecule has 1 saturated carbocycles. The predicted molar refractivity (Wildman–Crippen MR) is 200 cm³/mol. The summed E-state index contributed by atoms with van der Waals surface area (Å²) in [5.41, 5.74) is 4.72. The third-order valence-electron chi connectivity index (χ3n) is 9.75. The molecule has 1 aliphatic carbocycles. The van der Waals surface area contributed by atoms with E-state index in [1.54, 1.807) is 24.3 Å². The molecule has 50 heavy (non-hydrogen) atoms. The fraction of sp³-hybridized carbons (Fsp3) is 0.341. The van der Waals surface area contributed by atoms with Gasteiger partial charge in [0, 0.05) is 30.1 Å². The second-order valence-corrected chi connectivity index (χ2v) is 14.2. The monoisotopic (exact) mass is 740 g/mol. The van der Waals surface area contributed by atoms with Crippen molar-refractivity contribution in [3.05, 3.63) is 117 Å². The fourth-order valence-electron chi connectivity index (χ4n) is 6.78. The molecule has 0 aliphatic heterocycles. The number of benzene rings is 4. The van der Waals surface area contributed by atoms with Crippen LogP contribution in [0, 0.1) is 39.5 Å². The Hall–Kier alpha value is -4.47. The molecule has 0 radical (unpaired) electrons. The molecule has 1 fully saturated rings. The first-order chi connectivity index (χ1) is 23.8. The van der Waals surface area contributed by atoms with Crippen molar-refractivity contribution in [2.75, 3.05) is 23.8 Å². The summed E-state index contributed by atoms with van der Waals surface area (Å²) in [6.07, 6.45) is 0.293. The van der Waals surface area contributed by atoms with Crippen LogP contribution < -0.4 is 20.1 Å². The van der Waals surface area contributed by atoms with Crippen LogP contribution >= 0.6 is 15.9 Å². The van der Waals surface area contributed by atoms with Gasteiger partial charge in [0.05, 0.1) is 29.2 Å². The van der Waals surface area contributed by atoms with Crippen LogP contribution in [0.1, 0.15) is 59.6 Å². The molecule has 0 spiro atoms. The van der Waals surface area contributed by atoms with Crippen molar-refractivity contribution in [3.8, 4) is 11.5 Å². The Bertz CT molecular complexity index is 1890. The molecule has 262 valence electrons. The zero-order valence-electron chi connectivity index (χ0n) is 29.4. The van der Waals surface area contributed by atoms with Crippen molar-refractivity contribution in [3.63, 3.8) is 0 Å². The topological polar surface area (TPSA) is 114 Å². The van der Waals surface area contributed by atoms with E-state index in [1.165, 1.54) is 6.92 Å². The first-order valence-corrected chi connectivity index (χ1v) is 17.7. The predicted octanol–water partition coefficient (Wildman–Crippen LogP) is 8.02. The molecular weight excluding hydrogens is 696 g/mol. The van der Waals surface area contributed by atoms with Crippen LogP contribution in [0.25, 0.3) is 0 Å². The van der Waals surface area contributed by atoms with Gasteiger partial charge in [0.2, 0.25) is 11.8 Å². The van der Waals surface area contributed by atoms with Gasteiger partial charge in [0.1, 0.15) is 11.7 Å². The Balaban J connectivity index is 1.60. The lowest BCUT2D eigenvalue weighted by molar-refractivity contribution is -0.150. The highest BCUT2D eigenvalue weighted by molar-refractivity contribution is 9.10. The van der Waals surface area contributed by atoms with Crippen LogP contribution in [-0.4, -0.2) is 41.5 Å². The van der Waals surface area contributed by atoms with Gasteiger partial charge in [-0.25, -0.2) is 0 Å². The van der Waals surface area contributed by atoms with E-state index in [2.05, 4.69) is 26.6 Å². The maximum absolute atomic E-state index is 14.4. The minimum absolute atomic E-state index is 0.319. The number of carbonyl (C=O) groups is 3. The molecule has 9 heteroatoms. The van der Waals surface area contributed by atoms with Crippen molar-refractivity contribution in [1.29, 1.82) is 0 Å². The maximum atomic E-state index is 14.4. The maximum Gasteiger partial charge on any atom is 0.235 e. The fourth-order valence-corrected chi connectivity index (χ4v) is 7.36. The first kappa shape index (κ1) is 36.8. The summed E-state index contributed by atoms with van der Waals surface area (Å²) in [5.74, 6) is -4.20. The highest BCUT2D eigenvalue weighted by atomic mass is 79.9. The Labute approximate surface area is 302 Å². The molecule has 3 N–H and O–H groups in total. The summed E-state index contributed by atoms with van der Waals surface area (Å²) in [5, 5.41) is 17.9. The quantitative estimate of drug-likeness (QED) is 0.134. The molecule has 0 bridgehead atoms. The number of ether oxygens (including phenoxy) is 2. The van der Waals surface area contributed by atoms with E-state index < -0.39 is 41.0 Å². The van der Waals surface area contributed by atoms with Gasteiger partial charge in [0.25, 0.3) is 0 Å². The number of rotatable bonds is 11. The highest BCUT2D eigenvalue weighted by Gasteiger charge is 2.56. The van der Waals surface area contributed by atoms with E-state index in [0.717, 1.165) is 27.8 Å². The summed E-state index contributed by atoms with van der Waals surface area (Å²) < 4.78 is 12.8. The number of halogens is 1. The van der Waals surface area contributed by atoms with E-state index in [-0.39, 0.29) is 6.42 Å². The number of carbonyl (C=O) groups excluding carboxylic acids is 3. The number of hydrogen-bond donors (Lipinski definition) is 3. The molecule has 0 heterocycles. The van der Waals surface area contributed by atoms with Crippen LogP contribution in [0.4, 0.5) is 11.4 Å². The van der Waals surface area contributed by atoms with Crippen LogP contribution in [0.3, 0.4) is 0 Å². The Morgan fingerprint density at radius 2 is 1.46 bits per heavy atom. The molecule has 4 unspecified atom stereocenters.